The second-order valence-electron chi connectivity index (χ2n) is 6.41. The highest BCUT2D eigenvalue weighted by Gasteiger charge is 2.23. The minimum absolute atomic E-state index is 0.448. The summed E-state index contributed by atoms with van der Waals surface area (Å²) in [4.78, 5) is 0. The topological polar surface area (TPSA) is 25.2 Å². The van der Waals surface area contributed by atoms with Crippen LogP contribution in [0.5, 0.6) is 0 Å². The summed E-state index contributed by atoms with van der Waals surface area (Å²) in [6.45, 7) is 14.3. The monoisotopic (exact) mass is 293 g/mol. The molecule has 0 saturated carbocycles. The Morgan fingerprint density at radius 2 is 1.71 bits per heavy atom. The van der Waals surface area contributed by atoms with Crippen LogP contribution in [0.1, 0.15) is 88.0 Å². The number of unbranched alkanes of at least 4 members (excludes halogenated alkanes) is 1. The van der Waals surface area contributed by atoms with Crippen LogP contribution in [-0.4, -0.2) is 6.54 Å². The van der Waals surface area contributed by atoms with Crippen LogP contribution in [0, 0.1) is 26.7 Å². The van der Waals surface area contributed by atoms with Crippen LogP contribution < -0.4 is 5.32 Å². The molecule has 0 fully saturated rings. The predicted molar refractivity (Wildman–Crippen MR) is 91.9 cm³/mol. The number of furan rings is 1. The molecule has 2 atom stereocenters. The van der Waals surface area contributed by atoms with E-state index in [-0.39, 0.29) is 0 Å². The van der Waals surface area contributed by atoms with Gasteiger partial charge < -0.3 is 9.73 Å². The Hall–Kier alpha value is -0.760. The first-order valence-corrected chi connectivity index (χ1v) is 8.84. The number of hydrogen-bond donors (Lipinski definition) is 1. The summed E-state index contributed by atoms with van der Waals surface area (Å²) >= 11 is 0. The Bertz CT molecular complexity index is 408. The van der Waals surface area contributed by atoms with Gasteiger partial charge in [0.05, 0.1) is 0 Å². The standard InChI is InChI=1S/C19H35NO/c1-7-10-11-17(9-3)13-18(20-12-8-2)19-14(4)15(5)21-16(19)6/h17-18,20H,7-13H2,1-6H3. The zero-order valence-electron chi connectivity index (χ0n) is 15.0. The normalized spacial score (nSPS) is 14.4. The molecule has 0 aliphatic heterocycles. The van der Waals surface area contributed by atoms with E-state index in [4.69, 9.17) is 4.42 Å². The van der Waals surface area contributed by atoms with Gasteiger partial charge in [-0.25, -0.2) is 0 Å². The fourth-order valence-electron chi connectivity index (χ4n) is 3.26. The van der Waals surface area contributed by atoms with Crippen molar-refractivity contribution in [2.45, 2.75) is 86.1 Å². The fraction of sp³-hybridized carbons (Fsp3) is 0.789. The Labute approximate surface area is 131 Å². The molecular formula is C19H35NO. The summed E-state index contributed by atoms with van der Waals surface area (Å²) in [5, 5.41) is 3.76. The van der Waals surface area contributed by atoms with Gasteiger partial charge in [0, 0.05) is 11.6 Å². The summed E-state index contributed by atoms with van der Waals surface area (Å²) in [7, 11) is 0. The lowest BCUT2D eigenvalue weighted by molar-refractivity contribution is 0.350. The van der Waals surface area contributed by atoms with E-state index >= 15 is 0 Å². The fourth-order valence-corrected chi connectivity index (χ4v) is 3.26. The van der Waals surface area contributed by atoms with Gasteiger partial charge in [-0.15, -0.1) is 0 Å². The zero-order chi connectivity index (χ0) is 15.8. The lowest BCUT2D eigenvalue weighted by Gasteiger charge is -2.24. The summed E-state index contributed by atoms with van der Waals surface area (Å²) in [6, 6.07) is 0.448. The number of nitrogens with one attached hydrogen (secondary N) is 1. The molecule has 2 nitrogen and oxygen atoms in total. The molecule has 0 aliphatic rings. The quantitative estimate of drug-likeness (QED) is 0.585. The first-order chi connectivity index (χ1) is 10.0. The van der Waals surface area contributed by atoms with E-state index in [0.717, 1.165) is 24.0 Å². The maximum Gasteiger partial charge on any atom is 0.106 e. The van der Waals surface area contributed by atoms with E-state index in [1.807, 2.05) is 0 Å². The van der Waals surface area contributed by atoms with Gasteiger partial charge in [-0.1, -0.05) is 46.5 Å². The maximum absolute atomic E-state index is 5.86. The molecule has 1 rings (SSSR count). The predicted octanol–water partition coefficient (Wildman–Crippen LogP) is 5.85. The van der Waals surface area contributed by atoms with Crippen molar-refractivity contribution in [3.05, 3.63) is 22.6 Å². The van der Waals surface area contributed by atoms with E-state index < -0.39 is 0 Å². The number of aryl methyl sites for hydroxylation is 2. The average Bonchev–Trinajstić information content (AvgIpc) is 2.72. The van der Waals surface area contributed by atoms with Gasteiger partial charge in [-0.2, -0.15) is 0 Å². The highest BCUT2D eigenvalue weighted by molar-refractivity contribution is 5.34. The summed E-state index contributed by atoms with van der Waals surface area (Å²) in [6.07, 6.45) is 7.69. The van der Waals surface area contributed by atoms with Crippen molar-refractivity contribution >= 4 is 0 Å². The van der Waals surface area contributed by atoms with Crippen molar-refractivity contribution in [1.29, 1.82) is 0 Å². The van der Waals surface area contributed by atoms with Crippen molar-refractivity contribution < 1.29 is 4.42 Å². The van der Waals surface area contributed by atoms with Gasteiger partial charge in [-0.3, -0.25) is 0 Å². The second-order valence-corrected chi connectivity index (χ2v) is 6.41. The van der Waals surface area contributed by atoms with Crippen LogP contribution in [0.2, 0.25) is 0 Å². The summed E-state index contributed by atoms with van der Waals surface area (Å²) < 4.78 is 5.86. The molecule has 0 spiro atoms. The number of hydrogen-bond acceptors (Lipinski definition) is 2. The highest BCUT2D eigenvalue weighted by atomic mass is 16.3. The molecule has 1 aromatic heterocycles. The third-order valence-corrected chi connectivity index (χ3v) is 4.72. The van der Waals surface area contributed by atoms with Crippen LogP contribution in [0.4, 0.5) is 0 Å². The van der Waals surface area contributed by atoms with Gasteiger partial charge >= 0.3 is 0 Å². The Balaban J connectivity index is 2.88. The molecule has 1 N–H and O–H groups in total. The van der Waals surface area contributed by atoms with Gasteiger partial charge in [-0.05, 0) is 51.6 Å². The summed E-state index contributed by atoms with van der Waals surface area (Å²) in [5.74, 6) is 2.99. The first-order valence-electron chi connectivity index (χ1n) is 8.84. The minimum Gasteiger partial charge on any atom is -0.466 e. The minimum atomic E-state index is 0.448. The molecule has 1 heterocycles. The van der Waals surface area contributed by atoms with E-state index in [9.17, 15) is 0 Å². The molecule has 1 aromatic rings. The van der Waals surface area contributed by atoms with Crippen molar-refractivity contribution in [3.8, 4) is 0 Å². The van der Waals surface area contributed by atoms with Gasteiger partial charge in [0.25, 0.3) is 0 Å². The molecule has 21 heavy (non-hydrogen) atoms. The number of rotatable bonds is 10. The molecule has 0 bridgehead atoms. The maximum atomic E-state index is 5.86. The Morgan fingerprint density at radius 1 is 1.00 bits per heavy atom. The van der Waals surface area contributed by atoms with Crippen LogP contribution in [0.25, 0.3) is 0 Å². The van der Waals surface area contributed by atoms with Crippen molar-refractivity contribution in [3.63, 3.8) is 0 Å². The van der Waals surface area contributed by atoms with E-state index in [2.05, 4.69) is 46.9 Å². The largest absolute Gasteiger partial charge is 0.466 e. The molecule has 2 heteroatoms. The van der Waals surface area contributed by atoms with Crippen LogP contribution >= 0.6 is 0 Å². The molecule has 122 valence electrons. The van der Waals surface area contributed by atoms with Crippen LogP contribution in [0.3, 0.4) is 0 Å². The lowest BCUT2D eigenvalue weighted by Crippen LogP contribution is -2.25. The lowest BCUT2D eigenvalue weighted by atomic mass is 9.88. The van der Waals surface area contributed by atoms with Crippen molar-refractivity contribution in [2.75, 3.05) is 6.54 Å². The van der Waals surface area contributed by atoms with E-state index in [1.54, 1.807) is 0 Å². The average molecular weight is 293 g/mol. The van der Waals surface area contributed by atoms with Crippen LogP contribution in [0.15, 0.2) is 4.42 Å². The smallest absolute Gasteiger partial charge is 0.106 e. The highest BCUT2D eigenvalue weighted by Crippen LogP contribution is 2.33. The first kappa shape index (κ1) is 18.3. The summed E-state index contributed by atoms with van der Waals surface area (Å²) in [5.41, 5.74) is 2.75. The molecule has 0 saturated heterocycles. The molecule has 2 unspecified atom stereocenters. The molecule has 0 aliphatic carbocycles. The van der Waals surface area contributed by atoms with E-state index in [0.29, 0.717) is 6.04 Å². The molecular weight excluding hydrogens is 258 g/mol. The third kappa shape index (κ3) is 5.18. The van der Waals surface area contributed by atoms with Gasteiger partial charge in [0.2, 0.25) is 0 Å². The van der Waals surface area contributed by atoms with Gasteiger partial charge in [0.15, 0.2) is 0 Å². The molecule has 0 radical (unpaired) electrons. The van der Waals surface area contributed by atoms with E-state index in [1.165, 1.54) is 49.7 Å². The van der Waals surface area contributed by atoms with Crippen molar-refractivity contribution in [2.24, 2.45) is 5.92 Å². The SMILES string of the molecule is CCCCC(CC)CC(NCCC)c1c(C)oc(C)c1C. The van der Waals surface area contributed by atoms with Crippen LogP contribution in [-0.2, 0) is 0 Å². The molecule has 0 aromatic carbocycles. The molecule has 0 amide bonds. The Morgan fingerprint density at radius 3 is 2.19 bits per heavy atom. The zero-order valence-corrected chi connectivity index (χ0v) is 15.0. The van der Waals surface area contributed by atoms with Gasteiger partial charge in [0.1, 0.15) is 11.5 Å². The third-order valence-electron chi connectivity index (χ3n) is 4.72. The second kappa shape index (κ2) is 9.30. The van der Waals surface area contributed by atoms with Crippen molar-refractivity contribution in [1.82, 2.24) is 5.32 Å². The Kier molecular flexibility index (Phi) is 8.10.